The molecule has 0 aliphatic heterocycles. The summed E-state index contributed by atoms with van der Waals surface area (Å²) >= 11 is 13.2. The zero-order chi connectivity index (χ0) is 20.1. The number of amides is 1. The van der Waals surface area contributed by atoms with Crippen LogP contribution in [-0.2, 0) is 0 Å². The van der Waals surface area contributed by atoms with E-state index >= 15 is 0 Å². The van der Waals surface area contributed by atoms with E-state index in [1.807, 2.05) is 6.07 Å². The second-order valence-electron chi connectivity index (χ2n) is 5.80. The van der Waals surface area contributed by atoms with E-state index in [-0.39, 0.29) is 17.1 Å². The van der Waals surface area contributed by atoms with Crippen LogP contribution in [0.3, 0.4) is 0 Å². The van der Waals surface area contributed by atoms with E-state index in [4.69, 9.17) is 23.2 Å². The SMILES string of the molecule is O=C(Nc1cccc(SCC(=O)c2ccc(Cl)cc2Cl)c1)c1ccccc1F. The number of rotatable bonds is 6. The molecule has 0 aliphatic carbocycles. The molecule has 0 saturated carbocycles. The predicted molar refractivity (Wildman–Crippen MR) is 112 cm³/mol. The molecule has 0 radical (unpaired) electrons. The fourth-order valence-electron chi connectivity index (χ4n) is 2.45. The van der Waals surface area contributed by atoms with Crippen LogP contribution in [0.5, 0.6) is 0 Å². The number of nitrogens with one attached hydrogen (secondary N) is 1. The summed E-state index contributed by atoms with van der Waals surface area (Å²) < 4.78 is 13.7. The first kappa shape index (κ1) is 20.4. The number of halogens is 3. The summed E-state index contributed by atoms with van der Waals surface area (Å²) in [6, 6.07) is 17.5. The maximum Gasteiger partial charge on any atom is 0.258 e. The van der Waals surface area contributed by atoms with Gasteiger partial charge in [-0.25, -0.2) is 4.39 Å². The number of anilines is 1. The van der Waals surface area contributed by atoms with Gasteiger partial charge in [-0.05, 0) is 48.5 Å². The van der Waals surface area contributed by atoms with Gasteiger partial charge in [-0.2, -0.15) is 0 Å². The largest absolute Gasteiger partial charge is 0.322 e. The fraction of sp³-hybridized carbons (Fsp3) is 0.0476. The second kappa shape index (κ2) is 9.24. The molecular weight excluding hydrogens is 420 g/mol. The lowest BCUT2D eigenvalue weighted by Crippen LogP contribution is -2.13. The molecule has 0 unspecified atom stereocenters. The number of ketones is 1. The molecular formula is C21H14Cl2FNO2S. The van der Waals surface area contributed by atoms with Gasteiger partial charge in [0.25, 0.3) is 5.91 Å². The molecule has 3 nitrogen and oxygen atoms in total. The molecule has 28 heavy (non-hydrogen) atoms. The Morgan fingerprint density at radius 3 is 2.46 bits per heavy atom. The number of carbonyl (C=O) groups excluding carboxylic acids is 2. The van der Waals surface area contributed by atoms with E-state index in [0.717, 1.165) is 4.90 Å². The van der Waals surface area contributed by atoms with Crippen molar-refractivity contribution in [3.63, 3.8) is 0 Å². The number of Topliss-reactive ketones (excluding diaryl/α,β-unsaturated/α-hetero) is 1. The first-order chi connectivity index (χ1) is 13.4. The molecule has 142 valence electrons. The van der Waals surface area contributed by atoms with Crippen molar-refractivity contribution in [1.82, 2.24) is 0 Å². The van der Waals surface area contributed by atoms with Crippen molar-refractivity contribution < 1.29 is 14.0 Å². The van der Waals surface area contributed by atoms with Crippen LogP contribution in [0.15, 0.2) is 71.6 Å². The number of hydrogen-bond donors (Lipinski definition) is 1. The lowest BCUT2D eigenvalue weighted by Gasteiger charge is -2.08. The molecule has 1 amide bonds. The molecule has 0 bridgehead atoms. The molecule has 3 rings (SSSR count). The minimum Gasteiger partial charge on any atom is -0.322 e. The van der Waals surface area contributed by atoms with Gasteiger partial charge in [-0.1, -0.05) is 41.4 Å². The maximum atomic E-state index is 13.7. The van der Waals surface area contributed by atoms with Gasteiger partial charge in [0.1, 0.15) is 5.82 Å². The topological polar surface area (TPSA) is 46.2 Å². The maximum absolute atomic E-state index is 13.7. The van der Waals surface area contributed by atoms with Gasteiger partial charge in [-0.3, -0.25) is 9.59 Å². The van der Waals surface area contributed by atoms with Crippen LogP contribution in [0.1, 0.15) is 20.7 Å². The smallest absolute Gasteiger partial charge is 0.258 e. The van der Waals surface area contributed by atoms with Crippen molar-refractivity contribution in [2.45, 2.75) is 4.90 Å². The highest BCUT2D eigenvalue weighted by Gasteiger charge is 2.13. The minimum atomic E-state index is -0.587. The molecule has 0 heterocycles. The first-order valence-electron chi connectivity index (χ1n) is 8.21. The number of thioether (sulfide) groups is 1. The first-order valence-corrected chi connectivity index (χ1v) is 9.95. The minimum absolute atomic E-state index is 0.0342. The standard InChI is InChI=1S/C21H14Cl2FNO2S/c22-13-8-9-16(18(23)10-13)20(26)12-28-15-5-3-4-14(11-15)25-21(27)17-6-1-2-7-19(17)24/h1-11H,12H2,(H,25,27). The molecule has 3 aromatic rings. The van der Waals surface area contributed by atoms with Gasteiger partial charge >= 0.3 is 0 Å². The molecule has 0 aliphatic rings. The third kappa shape index (κ3) is 5.13. The molecule has 0 fully saturated rings. The van der Waals surface area contributed by atoms with Gasteiger partial charge in [0.2, 0.25) is 0 Å². The third-order valence-corrected chi connectivity index (χ3v) is 5.35. The summed E-state index contributed by atoms with van der Waals surface area (Å²) in [6.07, 6.45) is 0. The second-order valence-corrected chi connectivity index (χ2v) is 7.69. The Hall–Kier alpha value is -2.34. The molecule has 0 spiro atoms. The van der Waals surface area contributed by atoms with Gasteiger partial charge in [0.05, 0.1) is 16.3 Å². The zero-order valence-electron chi connectivity index (χ0n) is 14.4. The van der Waals surface area contributed by atoms with Crippen molar-refractivity contribution in [2.24, 2.45) is 0 Å². The molecule has 7 heteroatoms. The lowest BCUT2D eigenvalue weighted by atomic mass is 10.1. The number of hydrogen-bond acceptors (Lipinski definition) is 3. The normalized spacial score (nSPS) is 10.5. The highest BCUT2D eigenvalue weighted by atomic mass is 35.5. The van der Waals surface area contributed by atoms with Crippen molar-refractivity contribution >= 4 is 52.3 Å². The summed E-state index contributed by atoms with van der Waals surface area (Å²) in [4.78, 5) is 25.4. The molecule has 3 aromatic carbocycles. The van der Waals surface area contributed by atoms with Crippen molar-refractivity contribution in [3.05, 3.63) is 93.7 Å². The average Bonchev–Trinajstić information content (AvgIpc) is 2.66. The highest BCUT2D eigenvalue weighted by molar-refractivity contribution is 8.00. The Bertz CT molecular complexity index is 1040. The van der Waals surface area contributed by atoms with Gasteiger partial charge in [0, 0.05) is 21.2 Å². The third-order valence-electron chi connectivity index (χ3n) is 3.81. The van der Waals surface area contributed by atoms with Crippen LogP contribution in [0.4, 0.5) is 10.1 Å². The van der Waals surface area contributed by atoms with E-state index in [1.165, 1.54) is 36.0 Å². The monoisotopic (exact) mass is 433 g/mol. The van der Waals surface area contributed by atoms with Crippen LogP contribution in [0.2, 0.25) is 10.0 Å². The summed E-state index contributed by atoms with van der Waals surface area (Å²) in [5.74, 6) is -1.08. The Morgan fingerprint density at radius 1 is 0.929 bits per heavy atom. The zero-order valence-corrected chi connectivity index (χ0v) is 16.7. The number of carbonyl (C=O) groups is 2. The Balaban J connectivity index is 1.66. The van der Waals surface area contributed by atoms with Crippen molar-refractivity contribution in [2.75, 3.05) is 11.1 Å². The van der Waals surface area contributed by atoms with Crippen molar-refractivity contribution in [3.8, 4) is 0 Å². The van der Waals surface area contributed by atoms with Crippen LogP contribution >= 0.6 is 35.0 Å². The lowest BCUT2D eigenvalue weighted by molar-refractivity contribution is 0.101. The summed E-state index contributed by atoms with van der Waals surface area (Å²) in [5.41, 5.74) is 0.880. The average molecular weight is 434 g/mol. The molecule has 1 N–H and O–H groups in total. The van der Waals surface area contributed by atoms with Crippen LogP contribution in [0, 0.1) is 5.82 Å². The van der Waals surface area contributed by atoms with Gasteiger partial charge in [0.15, 0.2) is 5.78 Å². The van der Waals surface area contributed by atoms with Crippen LogP contribution < -0.4 is 5.32 Å². The Kier molecular flexibility index (Phi) is 6.73. The van der Waals surface area contributed by atoms with Crippen LogP contribution in [-0.4, -0.2) is 17.4 Å². The van der Waals surface area contributed by atoms with Crippen molar-refractivity contribution in [1.29, 1.82) is 0 Å². The predicted octanol–water partition coefficient (Wildman–Crippen LogP) is 6.36. The summed E-state index contributed by atoms with van der Waals surface area (Å²) in [5, 5.41) is 3.44. The summed E-state index contributed by atoms with van der Waals surface area (Å²) in [6.45, 7) is 0. The Morgan fingerprint density at radius 2 is 1.71 bits per heavy atom. The van der Waals surface area contributed by atoms with E-state index in [0.29, 0.717) is 21.3 Å². The quantitative estimate of drug-likeness (QED) is 0.363. The number of benzene rings is 3. The Labute approximate surface area is 175 Å². The van der Waals surface area contributed by atoms with E-state index < -0.39 is 11.7 Å². The van der Waals surface area contributed by atoms with E-state index in [2.05, 4.69) is 5.32 Å². The van der Waals surface area contributed by atoms with Gasteiger partial charge in [-0.15, -0.1) is 11.8 Å². The van der Waals surface area contributed by atoms with E-state index in [9.17, 15) is 14.0 Å². The molecule has 0 saturated heterocycles. The fourth-order valence-corrected chi connectivity index (χ4v) is 3.80. The van der Waals surface area contributed by atoms with Crippen LogP contribution in [0.25, 0.3) is 0 Å². The molecule has 0 aromatic heterocycles. The van der Waals surface area contributed by atoms with Gasteiger partial charge < -0.3 is 5.32 Å². The molecule has 0 atom stereocenters. The highest BCUT2D eigenvalue weighted by Crippen LogP contribution is 2.26. The van der Waals surface area contributed by atoms with E-state index in [1.54, 1.807) is 36.4 Å². The summed E-state index contributed by atoms with van der Waals surface area (Å²) in [7, 11) is 0.